The van der Waals surface area contributed by atoms with Crippen molar-refractivity contribution in [2.24, 2.45) is 0 Å². The Hall–Kier alpha value is -4.14. The molecule has 2 heterocycles. The van der Waals surface area contributed by atoms with Crippen LogP contribution in [0, 0.1) is 0 Å². The Morgan fingerprint density at radius 1 is 0.911 bits per heavy atom. The number of ether oxygens (including phenoxy) is 2. The second kappa shape index (κ2) is 16.3. The maximum Gasteiger partial charge on any atom is 0.243 e. The van der Waals surface area contributed by atoms with Crippen molar-refractivity contribution in [3.05, 3.63) is 95.6 Å². The Morgan fingerprint density at radius 2 is 1.69 bits per heavy atom. The van der Waals surface area contributed by atoms with Crippen LogP contribution in [-0.4, -0.2) is 54.2 Å². The number of unbranched alkanes of at least 4 members (excludes halogenated alkanes) is 2. The number of anilines is 1. The molecule has 0 bridgehead atoms. The van der Waals surface area contributed by atoms with Crippen molar-refractivity contribution in [1.82, 2.24) is 25.7 Å². The molecule has 0 unspecified atom stereocenters. The summed E-state index contributed by atoms with van der Waals surface area (Å²) in [6.45, 7) is -0.0354. The minimum Gasteiger partial charge on any atom is -0.392 e. The van der Waals surface area contributed by atoms with Gasteiger partial charge >= 0.3 is 0 Å². The van der Waals surface area contributed by atoms with Crippen molar-refractivity contribution in [3.8, 4) is 5.69 Å². The topological polar surface area (TPSA) is 161 Å². The van der Waals surface area contributed by atoms with Crippen molar-refractivity contribution in [2.45, 2.75) is 68.8 Å². The number of carbonyl (C=O) groups is 2. The van der Waals surface area contributed by atoms with Crippen LogP contribution in [0.3, 0.4) is 0 Å². The van der Waals surface area contributed by atoms with Crippen LogP contribution in [0.15, 0.2) is 84.0 Å². The highest BCUT2D eigenvalue weighted by Gasteiger charge is 2.33. The Balaban J connectivity index is 1.26. The van der Waals surface area contributed by atoms with Crippen LogP contribution in [0.4, 0.5) is 5.69 Å². The molecule has 0 spiro atoms. The summed E-state index contributed by atoms with van der Waals surface area (Å²) in [6, 6.07) is 24.8. The SMILES string of the molecule is O=C(CCCCCC(=O)Nc1cccc([C@H]2O[C@@H](CSc3nnnn3-c3ccccc3)C[C@@H](c3ccc(CO)cc3)O2)c1)NO. The largest absolute Gasteiger partial charge is 0.392 e. The molecule has 4 N–H and O–H groups in total. The molecule has 45 heavy (non-hydrogen) atoms. The normalized spacial score (nSPS) is 18.0. The Kier molecular flexibility index (Phi) is 11.6. The summed E-state index contributed by atoms with van der Waals surface area (Å²) in [4.78, 5) is 23.7. The molecule has 12 nitrogen and oxygen atoms in total. The predicted octanol–water partition coefficient (Wildman–Crippen LogP) is 4.89. The summed E-state index contributed by atoms with van der Waals surface area (Å²) in [5.41, 5.74) is 5.68. The van der Waals surface area contributed by atoms with Gasteiger partial charge in [-0.15, -0.1) is 5.10 Å². The molecule has 1 aromatic heterocycles. The average Bonchev–Trinajstić information content (AvgIpc) is 3.56. The number of aliphatic hydroxyl groups is 1. The van der Waals surface area contributed by atoms with E-state index in [9.17, 15) is 14.7 Å². The second-order valence-electron chi connectivity index (χ2n) is 10.6. The molecule has 0 aliphatic carbocycles. The number of hydrogen-bond acceptors (Lipinski definition) is 10. The van der Waals surface area contributed by atoms with Crippen molar-refractivity contribution >= 4 is 29.3 Å². The number of amides is 2. The predicted molar refractivity (Wildman–Crippen MR) is 166 cm³/mol. The first-order valence-electron chi connectivity index (χ1n) is 14.8. The highest BCUT2D eigenvalue weighted by Crippen LogP contribution is 2.40. The maximum atomic E-state index is 12.6. The van der Waals surface area contributed by atoms with Crippen LogP contribution in [0.1, 0.15) is 67.6 Å². The van der Waals surface area contributed by atoms with E-state index in [1.54, 1.807) is 10.2 Å². The van der Waals surface area contributed by atoms with Gasteiger partial charge in [0.1, 0.15) is 0 Å². The van der Waals surface area contributed by atoms with Crippen LogP contribution in [0.25, 0.3) is 5.69 Å². The highest BCUT2D eigenvalue weighted by molar-refractivity contribution is 7.99. The zero-order valence-electron chi connectivity index (χ0n) is 24.6. The quantitative estimate of drug-likeness (QED) is 0.0652. The molecule has 1 aliphatic rings. The molecule has 1 fully saturated rings. The van der Waals surface area contributed by atoms with Crippen LogP contribution in [-0.2, 0) is 25.7 Å². The highest BCUT2D eigenvalue weighted by atomic mass is 32.2. The molecule has 4 aromatic rings. The number of hydrogen-bond donors (Lipinski definition) is 4. The van der Waals surface area contributed by atoms with Gasteiger partial charge in [-0.2, -0.15) is 4.68 Å². The smallest absolute Gasteiger partial charge is 0.243 e. The lowest BCUT2D eigenvalue weighted by Crippen LogP contribution is -2.31. The van der Waals surface area contributed by atoms with Gasteiger partial charge in [0.05, 0.1) is 24.5 Å². The molecular formula is C32H36N6O6S. The number of nitrogens with one attached hydrogen (secondary N) is 2. The van der Waals surface area contributed by atoms with Gasteiger partial charge in [-0.3, -0.25) is 14.8 Å². The molecule has 0 radical (unpaired) electrons. The Labute approximate surface area is 265 Å². The molecule has 1 aliphatic heterocycles. The van der Waals surface area contributed by atoms with Crippen molar-refractivity contribution < 1.29 is 29.4 Å². The zero-order valence-corrected chi connectivity index (χ0v) is 25.4. The first-order valence-corrected chi connectivity index (χ1v) is 15.8. The van der Waals surface area contributed by atoms with Crippen molar-refractivity contribution in [3.63, 3.8) is 0 Å². The number of aromatic nitrogens is 4. The van der Waals surface area contributed by atoms with Gasteiger partial charge in [0.15, 0.2) is 6.29 Å². The van der Waals surface area contributed by atoms with E-state index in [-0.39, 0.29) is 31.1 Å². The lowest BCUT2D eigenvalue weighted by Gasteiger charge is -2.36. The number of hydroxylamine groups is 1. The van der Waals surface area contributed by atoms with E-state index in [1.807, 2.05) is 78.9 Å². The molecule has 236 valence electrons. The van der Waals surface area contributed by atoms with Crippen LogP contribution < -0.4 is 10.8 Å². The molecule has 3 atom stereocenters. The Bertz CT molecular complexity index is 1540. The van der Waals surface area contributed by atoms with Crippen molar-refractivity contribution in [2.75, 3.05) is 11.1 Å². The number of benzene rings is 3. The van der Waals surface area contributed by atoms with E-state index in [4.69, 9.17) is 14.7 Å². The summed E-state index contributed by atoms with van der Waals surface area (Å²) in [7, 11) is 0. The van der Waals surface area contributed by atoms with Gasteiger partial charge in [-0.05, 0) is 58.7 Å². The lowest BCUT2D eigenvalue weighted by atomic mass is 10.0. The molecule has 1 saturated heterocycles. The Morgan fingerprint density at radius 3 is 2.44 bits per heavy atom. The maximum absolute atomic E-state index is 12.6. The number of rotatable bonds is 14. The molecule has 3 aromatic carbocycles. The monoisotopic (exact) mass is 632 g/mol. The third-order valence-corrected chi connectivity index (χ3v) is 8.38. The fourth-order valence-electron chi connectivity index (χ4n) is 4.98. The third-order valence-electron chi connectivity index (χ3n) is 7.33. The van der Waals surface area contributed by atoms with Crippen LogP contribution in [0.5, 0.6) is 0 Å². The summed E-state index contributed by atoms with van der Waals surface area (Å²) in [5.74, 6) is 0.0203. The summed E-state index contributed by atoms with van der Waals surface area (Å²) in [6.07, 6.45) is 1.90. The number of carbonyl (C=O) groups excluding carboxylic acids is 2. The number of thioether (sulfide) groups is 1. The first kappa shape index (κ1) is 32.3. The van der Waals surface area contributed by atoms with Gasteiger partial charge in [0, 0.05) is 36.3 Å². The number of tetrazole rings is 1. The standard InChI is InChI=1S/C32H36N6O6S/c39-20-22-14-16-23(17-15-22)28-19-27(21-45-32-34-36-37-38(32)26-10-3-1-4-11-26)43-31(44-28)24-8-7-9-25(18-24)33-29(40)12-5-2-6-13-30(41)35-42/h1,3-4,7-11,14-18,27-28,31,39,42H,2,5-6,12-13,19-21H2,(H,33,40)(H,35,41)/t27-,28+,31+/m1/s1. The zero-order chi connectivity index (χ0) is 31.4. The average molecular weight is 633 g/mol. The van der Waals surface area contributed by atoms with E-state index >= 15 is 0 Å². The van der Waals surface area contributed by atoms with Gasteiger partial charge in [-0.1, -0.05) is 72.8 Å². The van der Waals surface area contributed by atoms with E-state index in [0.29, 0.717) is 48.7 Å². The van der Waals surface area contributed by atoms with Gasteiger partial charge < -0.3 is 19.9 Å². The van der Waals surface area contributed by atoms with Gasteiger partial charge in [0.25, 0.3) is 0 Å². The molecule has 2 amide bonds. The summed E-state index contributed by atoms with van der Waals surface area (Å²) >= 11 is 1.50. The lowest BCUT2D eigenvalue weighted by molar-refractivity contribution is -0.245. The fourth-order valence-corrected chi connectivity index (χ4v) is 5.89. The van der Waals surface area contributed by atoms with Gasteiger partial charge in [-0.25, -0.2) is 5.48 Å². The summed E-state index contributed by atoms with van der Waals surface area (Å²) < 4.78 is 14.6. The third kappa shape index (κ3) is 9.19. The van der Waals surface area contributed by atoms with Gasteiger partial charge in [0.2, 0.25) is 17.0 Å². The first-order chi connectivity index (χ1) is 22.0. The van der Waals surface area contributed by atoms with Crippen LogP contribution in [0.2, 0.25) is 0 Å². The second-order valence-corrected chi connectivity index (χ2v) is 11.6. The van der Waals surface area contributed by atoms with E-state index in [1.165, 1.54) is 11.8 Å². The molecular weight excluding hydrogens is 596 g/mol. The van der Waals surface area contributed by atoms with E-state index in [2.05, 4.69) is 20.8 Å². The fraction of sp³-hybridized carbons (Fsp3) is 0.344. The number of aliphatic hydroxyl groups excluding tert-OH is 1. The van der Waals surface area contributed by atoms with Crippen molar-refractivity contribution in [1.29, 1.82) is 0 Å². The minimum atomic E-state index is -0.688. The van der Waals surface area contributed by atoms with Crippen LogP contribution >= 0.6 is 11.8 Å². The number of para-hydroxylation sites is 1. The molecule has 0 saturated carbocycles. The number of nitrogens with zero attached hydrogens (tertiary/aromatic N) is 4. The van der Waals surface area contributed by atoms with E-state index < -0.39 is 12.2 Å². The minimum absolute atomic E-state index is 0.0354. The molecule has 5 rings (SSSR count). The van der Waals surface area contributed by atoms with E-state index in [0.717, 1.165) is 22.4 Å². The molecule has 13 heteroatoms. The summed E-state index contributed by atoms with van der Waals surface area (Å²) in [5, 5.41) is 33.9.